The first-order chi connectivity index (χ1) is 11.9. The Labute approximate surface area is 152 Å². The van der Waals surface area contributed by atoms with Gasteiger partial charge in [0, 0.05) is 13.2 Å². The molecule has 7 atom stereocenters. The molecule has 0 aromatic rings. The van der Waals surface area contributed by atoms with Crippen LogP contribution in [0.3, 0.4) is 0 Å². The van der Waals surface area contributed by atoms with E-state index in [0.29, 0.717) is 24.2 Å². The Hall–Kier alpha value is -1.05. The average Bonchev–Trinajstić information content (AvgIpc) is 2.90. The molecule has 0 aromatic heterocycles. The SMILES string of the molecule is C=C1CCC2C(CNC#N)C(C3(C)CCC(O)CC3CO)CCC12C. The van der Waals surface area contributed by atoms with E-state index in [4.69, 9.17) is 5.26 Å². The second kappa shape index (κ2) is 6.93. The molecule has 4 nitrogen and oxygen atoms in total. The topological polar surface area (TPSA) is 76.3 Å². The van der Waals surface area contributed by atoms with Crippen LogP contribution in [-0.2, 0) is 0 Å². The van der Waals surface area contributed by atoms with Gasteiger partial charge in [0.1, 0.15) is 0 Å². The van der Waals surface area contributed by atoms with Gasteiger partial charge in [-0.1, -0.05) is 26.0 Å². The quantitative estimate of drug-likeness (QED) is 0.415. The third-order valence-corrected chi connectivity index (χ3v) is 8.38. The predicted molar refractivity (Wildman–Crippen MR) is 98.3 cm³/mol. The number of nitriles is 1. The minimum Gasteiger partial charge on any atom is -0.396 e. The van der Waals surface area contributed by atoms with Crippen LogP contribution in [0.5, 0.6) is 0 Å². The van der Waals surface area contributed by atoms with Crippen LogP contribution in [0, 0.1) is 46.0 Å². The Balaban J connectivity index is 1.91. The monoisotopic (exact) mass is 346 g/mol. The van der Waals surface area contributed by atoms with Gasteiger partial charge in [0.05, 0.1) is 6.10 Å². The number of hydrogen-bond donors (Lipinski definition) is 3. The first-order valence-corrected chi connectivity index (χ1v) is 9.96. The van der Waals surface area contributed by atoms with Crippen molar-refractivity contribution >= 4 is 0 Å². The lowest BCUT2D eigenvalue weighted by Crippen LogP contribution is -2.53. The van der Waals surface area contributed by atoms with E-state index in [0.717, 1.165) is 32.2 Å². The highest BCUT2D eigenvalue weighted by molar-refractivity contribution is 5.21. The normalized spacial score (nSPS) is 47.2. The van der Waals surface area contributed by atoms with E-state index in [1.807, 2.05) is 0 Å². The molecule has 3 N–H and O–H groups in total. The fourth-order valence-corrected chi connectivity index (χ4v) is 6.63. The Kier molecular flexibility index (Phi) is 5.19. The van der Waals surface area contributed by atoms with Gasteiger partial charge in [0.25, 0.3) is 0 Å². The van der Waals surface area contributed by atoms with Crippen LogP contribution in [0.25, 0.3) is 0 Å². The molecular weight excluding hydrogens is 312 g/mol. The van der Waals surface area contributed by atoms with Crippen molar-refractivity contribution in [3.8, 4) is 6.19 Å². The van der Waals surface area contributed by atoms with Crippen LogP contribution in [0.4, 0.5) is 0 Å². The number of nitrogens with zero attached hydrogens (tertiary/aromatic N) is 1. The van der Waals surface area contributed by atoms with Crippen LogP contribution in [-0.4, -0.2) is 29.5 Å². The first kappa shape index (κ1) is 18.7. The molecule has 0 bridgehead atoms. The van der Waals surface area contributed by atoms with E-state index < -0.39 is 0 Å². The molecule has 3 rings (SSSR count). The van der Waals surface area contributed by atoms with Crippen molar-refractivity contribution in [2.24, 2.45) is 34.5 Å². The summed E-state index contributed by atoms with van der Waals surface area (Å²) in [6.45, 7) is 9.94. The smallest absolute Gasteiger partial charge is 0.176 e. The van der Waals surface area contributed by atoms with Gasteiger partial charge in [-0.25, -0.2) is 0 Å². The van der Waals surface area contributed by atoms with E-state index in [1.54, 1.807) is 0 Å². The predicted octanol–water partition coefficient (Wildman–Crippen LogP) is 3.22. The van der Waals surface area contributed by atoms with Gasteiger partial charge in [0.2, 0.25) is 0 Å². The van der Waals surface area contributed by atoms with Gasteiger partial charge >= 0.3 is 0 Å². The molecule has 0 amide bonds. The second-order valence-electron chi connectivity index (χ2n) is 9.28. The maximum absolute atomic E-state index is 10.1. The van der Waals surface area contributed by atoms with Gasteiger partial charge in [0.15, 0.2) is 6.19 Å². The molecule has 3 aliphatic rings. The number of allylic oxidation sites excluding steroid dienone is 1. The lowest BCUT2D eigenvalue weighted by atomic mass is 9.49. The first-order valence-electron chi connectivity index (χ1n) is 9.96. The van der Waals surface area contributed by atoms with Gasteiger partial charge in [-0.05, 0) is 79.4 Å². The van der Waals surface area contributed by atoms with E-state index >= 15 is 0 Å². The highest BCUT2D eigenvalue weighted by Crippen LogP contribution is 2.63. The number of hydrogen-bond acceptors (Lipinski definition) is 4. The lowest BCUT2D eigenvalue weighted by Gasteiger charge is -2.56. The number of nitrogens with one attached hydrogen (secondary N) is 1. The Bertz CT molecular complexity index is 557. The molecule has 25 heavy (non-hydrogen) atoms. The standard InChI is InChI=1S/C21H34N2O2/c1-14-4-5-18-17(11-23-13-22)19(7-9-20(14,18)2)21(3)8-6-16(25)10-15(21)12-24/h15-19,23-25H,1,4-12H2,2-3H3. The van der Waals surface area contributed by atoms with Crippen LogP contribution in [0.15, 0.2) is 12.2 Å². The summed E-state index contributed by atoms with van der Waals surface area (Å²) in [5.74, 6) is 1.65. The summed E-state index contributed by atoms with van der Waals surface area (Å²) in [6.07, 6.45) is 8.93. The molecule has 0 saturated heterocycles. The third-order valence-electron chi connectivity index (χ3n) is 8.38. The maximum Gasteiger partial charge on any atom is 0.176 e. The average molecular weight is 347 g/mol. The third kappa shape index (κ3) is 3.00. The van der Waals surface area contributed by atoms with Crippen molar-refractivity contribution < 1.29 is 10.2 Å². The van der Waals surface area contributed by atoms with Gasteiger partial charge in [-0.15, -0.1) is 0 Å². The molecule has 7 unspecified atom stereocenters. The van der Waals surface area contributed by atoms with Crippen molar-refractivity contribution in [2.45, 2.75) is 64.9 Å². The molecule has 3 saturated carbocycles. The zero-order valence-corrected chi connectivity index (χ0v) is 15.8. The summed E-state index contributed by atoms with van der Waals surface area (Å²) in [4.78, 5) is 0. The largest absolute Gasteiger partial charge is 0.396 e. The molecule has 3 fully saturated rings. The van der Waals surface area contributed by atoms with E-state index in [2.05, 4.69) is 31.9 Å². The molecule has 0 heterocycles. The molecule has 140 valence electrons. The summed E-state index contributed by atoms with van der Waals surface area (Å²) in [7, 11) is 0. The van der Waals surface area contributed by atoms with Crippen molar-refractivity contribution in [1.82, 2.24) is 5.32 Å². The van der Waals surface area contributed by atoms with Crippen LogP contribution in [0.2, 0.25) is 0 Å². The number of fused-ring (bicyclic) bond motifs is 1. The zero-order chi connectivity index (χ0) is 18.2. The fraction of sp³-hybridized carbons (Fsp3) is 0.857. The van der Waals surface area contributed by atoms with Crippen molar-refractivity contribution in [1.29, 1.82) is 5.26 Å². The van der Waals surface area contributed by atoms with Gasteiger partial charge < -0.3 is 15.5 Å². The molecule has 3 aliphatic carbocycles. The fourth-order valence-electron chi connectivity index (χ4n) is 6.63. The number of aliphatic hydroxyl groups is 2. The van der Waals surface area contributed by atoms with Crippen LogP contribution in [0.1, 0.15) is 58.8 Å². The molecule has 0 radical (unpaired) electrons. The van der Waals surface area contributed by atoms with Gasteiger partial charge in [-0.3, -0.25) is 0 Å². The summed E-state index contributed by atoms with van der Waals surface area (Å²) >= 11 is 0. The summed E-state index contributed by atoms with van der Waals surface area (Å²) in [5.41, 5.74) is 1.64. The van der Waals surface area contributed by atoms with E-state index in [1.165, 1.54) is 18.4 Å². The number of rotatable bonds is 4. The molecule has 0 spiro atoms. The van der Waals surface area contributed by atoms with Crippen molar-refractivity contribution in [3.63, 3.8) is 0 Å². The highest BCUT2D eigenvalue weighted by Gasteiger charge is 2.56. The Morgan fingerprint density at radius 2 is 2.00 bits per heavy atom. The molecule has 0 aliphatic heterocycles. The van der Waals surface area contributed by atoms with Gasteiger partial charge in [-0.2, -0.15) is 5.26 Å². The van der Waals surface area contributed by atoms with Crippen LogP contribution < -0.4 is 5.32 Å². The van der Waals surface area contributed by atoms with Crippen molar-refractivity contribution in [3.05, 3.63) is 12.2 Å². The highest BCUT2D eigenvalue weighted by atomic mass is 16.3. The Morgan fingerprint density at radius 3 is 2.68 bits per heavy atom. The zero-order valence-electron chi connectivity index (χ0n) is 15.8. The molecule has 0 aromatic carbocycles. The van der Waals surface area contributed by atoms with E-state index in [-0.39, 0.29) is 29.5 Å². The number of aliphatic hydroxyl groups excluding tert-OH is 2. The Morgan fingerprint density at radius 1 is 1.24 bits per heavy atom. The lowest BCUT2D eigenvalue weighted by molar-refractivity contribution is -0.0926. The molecular formula is C21H34N2O2. The minimum atomic E-state index is -0.277. The summed E-state index contributed by atoms with van der Waals surface area (Å²) < 4.78 is 0. The van der Waals surface area contributed by atoms with Crippen LogP contribution >= 0.6 is 0 Å². The van der Waals surface area contributed by atoms with E-state index in [9.17, 15) is 10.2 Å². The summed E-state index contributed by atoms with van der Waals surface area (Å²) in [6, 6.07) is 0. The molecule has 4 heteroatoms. The summed E-state index contributed by atoms with van der Waals surface area (Å²) in [5, 5.41) is 32.2. The second-order valence-corrected chi connectivity index (χ2v) is 9.28. The van der Waals surface area contributed by atoms with Crippen molar-refractivity contribution in [2.75, 3.05) is 13.2 Å². The maximum atomic E-state index is 10.1. The minimum absolute atomic E-state index is 0.0427.